The summed E-state index contributed by atoms with van der Waals surface area (Å²) >= 11 is 12.6. The predicted octanol–water partition coefficient (Wildman–Crippen LogP) is 10.5. The maximum atomic E-state index is 13.4. The molecule has 12 rings (SSSR count). The van der Waals surface area contributed by atoms with Crippen LogP contribution in [0.5, 0.6) is 0 Å². The van der Waals surface area contributed by atoms with Crippen molar-refractivity contribution in [2.24, 2.45) is 0 Å². The second-order valence-corrected chi connectivity index (χ2v) is 27.2. The first-order chi connectivity index (χ1) is 36.0. The zero-order chi connectivity index (χ0) is 53.9. The number of fused-ring (bicyclic) bond motifs is 6. The number of H-pyrrole nitrogens is 3. The molecule has 5 aliphatic rings. The number of hydrogen-bond donors (Lipinski definition) is 4. The van der Waals surface area contributed by atoms with Crippen LogP contribution < -0.4 is 19.4 Å². The summed E-state index contributed by atoms with van der Waals surface area (Å²) in [5.74, 6) is 0. The fourth-order valence-electron chi connectivity index (χ4n) is 12.4. The second kappa shape index (κ2) is 21.2. The number of hydrogen-bond acceptors (Lipinski definition) is 9. The number of sulfonamides is 3. The molecular weight excluding hydrogens is 1080 g/mol. The van der Waals surface area contributed by atoms with Crippen LogP contribution in [0.4, 0.5) is 35.9 Å². The van der Waals surface area contributed by atoms with Crippen molar-refractivity contribution < 1.29 is 38.4 Å². The van der Waals surface area contributed by atoms with Gasteiger partial charge in [-0.3, -0.25) is 4.72 Å². The number of rotatable bonds is 7. The summed E-state index contributed by atoms with van der Waals surface area (Å²) in [6, 6.07) is 21.9. The number of piperazine rings is 2. The molecule has 4 atom stereocenters. The minimum absolute atomic E-state index is 0.0653. The van der Waals surface area contributed by atoms with Crippen LogP contribution >= 0.6 is 23.2 Å². The Bertz CT molecular complexity index is 3630. The number of nitrogens with one attached hydrogen (secondary N) is 4. The van der Waals surface area contributed by atoms with E-state index in [4.69, 9.17) is 23.2 Å². The van der Waals surface area contributed by atoms with Crippen molar-refractivity contribution in [1.82, 2.24) is 23.6 Å². The van der Waals surface area contributed by atoms with Crippen LogP contribution in [0.2, 0.25) is 10.0 Å². The number of nitrogens with zero attached hydrogens (tertiary/aromatic N) is 5. The van der Waals surface area contributed by atoms with E-state index in [1.807, 2.05) is 59.8 Å². The topological polar surface area (TPSA) is 178 Å². The molecule has 2 saturated carbocycles. The molecule has 76 heavy (non-hydrogen) atoms. The first-order valence-corrected chi connectivity index (χ1v) is 31.9. The lowest BCUT2D eigenvalue weighted by molar-refractivity contribution is -0.137. The summed E-state index contributed by atoms with van der Waals surface area (Å²) in [5, 5.41) is 4.46. The van der Waals surface area contributed by atoms with Gasteiger partial charge in [0, 0.05) is 148 Å². The number of alkyl halides is 3. The van der Waals surface area contributed by atoms with Crippen molar-refractivity contribution in [1.29, 1.82) is 0 Å². The highest BCUT2D eigenvalue weighted by Crippen LogP contribution is 2.43. The Kier molecular flexibility index (Phi) is 15.1. The molecular formula is C53H62Cl2F3N9O6S3. The fourth-order valence-corrected chi connectivity index (χ4v) is 15.7. The molecule has 7 aromatic rings. The third kappa shape index (κ3) is 11.5. The van der Waals surface area contributed by atoms with Crippen LogP contribution in [0.25, 0.3) is 32.7 Å². The van der Waals surface area contributed by atoms with Gasteiger partial charge in [-0.1, -0.05) is 55.0 Å². The molecule has 15 nitrogen and oxygen atoms in total. The molecule has 6 heterocycles. The Morgan fingerprint density at radius 1 is 0.539 bits per heavy atom. The summed E-state index contributed by atoms with van der Waals surface area (Å²) in [7, 11) is -9.77. The van der Waals surface area contributed by atoms with Crippen LogP contribution in [-0.2, 0) is 49.2 Å². The molecule has 408 valence electrons. The third-order valence-electron chi connectivity index (χ3n) is 15.6. The number of benzene rings is 4. The Morgan fingerprint density at radius 2 is 1.00 bits per heavy atom. The number of halogens is 5. The molecule has 4 fully saturated rings. The maximum Gasteiger partial charge on any atom is 0.416 e. The zero-order valence-corrected chi connectivity index (χ0v) is 46.3. The monoisotopic (exact) mass is 1140 g/mol. The van der Waals surface area contributed by atoms with Crippen molar-refractivity contribution >= 4 is 109 Å². The SMILES string of the molecule is CS(=O)(=O)N1CCN(c2cc(C(F)(F)F)cc3[nH]ccc23)C2CCCCC21.CS(=O)(=O)N1CCN(c2cc(Cl)cc3[nH]ccc23)C2CCCCC21.CS(=O)(=O)Nc1ccc2c(c1)CCN(c1cc(Cl)cc3[nH]ccc13)C2. The summed E-state index contributed by atoms with van der Waals surface area (Å²) in [6.45, 7) is 3.55. The van der Waals surface area contributed by atoms with E-state index in [9.17, 15) is 38.4 Å². The van der Waals surface area contributed by atoms with Gasteiger partial charge in [-0.25, -0.2) is 25.3 Å². The minimum atomic E-state index is -4.44. The van der Waals surface area contributed by atoms with Crippen molar-refractivity contribution in [3.63, 3.8) is 0 Å². The lowest BCUT2D eigenvalue weighted by Gasteiger charge is -2.50. The number of aromatic amines is 3. The number of aromatic nitrogens is 3. The van der Waals surface area contributed by atoms with Crippen molar-refractivity contribution in [2.45, 2.75) is 94.7 Å². The lowest BCUT2D eigenvalue weighted by Crippen LogP contribution is -2.62. The van der Waals surface area contributed by atoms with Gasteiger partial charge in [0.2, 0.25) is 30.1 Å². The maximum absolute atomic E-state index is 13.4. The van der Waals surface area contributed by atoms with Crippen LogP contribution in [0.3, 0.4) is 0 Å². The molecule has 2 aliphatic carbocycles. The highest BCUT2D eigenvalue weighted by atomic mass is 35.5. The van der Waals surface area contributed by atoms with Gasteiger partial charge in [0.05, 0.1) is 24.3 Å². The van der Waals surface area contributed by atoms with Gasteiger partial charge in [-0.2, -0.15) is 21.8 Å². The molecule has 0 radical (unpaired) electrons. The van der Waals surface area contributed by atoms with E-state index in [-0.39, 0.29) is 24.2 Å². The molecule has 0 amide bonds. The minimum Gasteiger partial charge on any atom is -0.366 e. The predicted molar refractivity (Wildman–Crippen MR) is 299 cm³/mol. The molecule has 4 unspecified atom stereocenters. The van der Waals surface area contributed by atoms with Gasteiger partial charge in [0.25, 0.3) is 0 Å². The summed E-state index contributed by atoms with van der Waals surface area (Å²) in [4.78, 5) is 16.0. The van der Waals surface area contributed by atoms with Crippen molar-refractivity contribution in [2.75, 3.05) is 70.9 Å². The molecule has 0 spiro atoms. The Morgan fingerprint density at radius 3 is 1.49 bits per heavy atom. The second-order valence-electron chi connectivity index (χ2n) is 20.7. The van der Waals surface area contributed by atoms with Gasteiger partial charge in [-0.05, 0) is 110 Å². The third-order valence-corrected chi connectivity index (χ3v) is 19.2. The molecule has 4 aromatic carbocycles. The highest BCUT2D eigenvalue weighted by molar-refractivity contribution is 7.92. The number of anilines is 4. The molecule has 3 aliphatic heterocycles. The lowest BCUT2D eigenvalue weighted by atomic mass is 9.87. The van der Waals surface area contributed by atoms with E-state index in [0.29, 0.717) is 53.1 Å². The van der Waals surface area contributed by atoms with E-state index >= 15 is 0 Å². The van der Waals surface area contributed by atoms with Crippen molar-refractivity contribution in [3.8, 4) is 0 Å². The largest absolute Gasteiger partial charge is 0.416 e. The zero-order valence-electron chi connectivity index (χ0n) is 42.4. The standard InChI is InChI=1S/C18H18ClN3O2S.C18H22F3N3O2S.C17H22ClN3O2S/c1-25(23,24)21-15-3-2-13-11-22(7-5-12(13)8-15)18-10-14(19)9-17-16(18)4-6-20-17;1-27(25,26)24-9-8-23(15-4-2-3-5-16(15)24)17-11-12(18(19,20)21)10-14-13(17)6-7-22-14;1-24(22,23)21-9-8-20(15-4-2-3-5-16(15)21)17-11-12(18)10-14-13(17)6-7-19-14/h2-4,6,8-10,20-21H,5,7,11H2,1H3;6-7,10-11,15-16,22H,2-5,8-9H2,1H3;6-7,10-11,15-16,19H,2-5,8-9H2,1H3. The first kappa shape index (κ1) is 54.2. The van der Waals surface area contributed by atoms with Crippen LogP contribution in [0.15, 0.2) is 91.4 Å². The van der Waals surface area contributed by atoms with E-state index in [1.165, 1.54) is 34.0 Å². The molecule has 4 N–H and O–H groups in total. The summed E-state index contributed by atoms with van der Waals surface area (Å²) in [5.41, 5.74) is 7.57. The van der Waals surface area contributed by atoms with Gasteiger partial charge < -0.3 is 29.7 Å². The van der Waals surface area contributed by atoms with Gasteiger partial charge in [-0.15, -0.1) is 0 Å². The van der Waals surface area contributed by atoms with E-state index in [0.717, 1.165) is 122 Å². The van der Waals surface area contributed by atoms with Gasteiger partial charge >= 0.3 is 6.18 Å². The van der Waals surface area contributed by atoms with Crippen molar-refractivity contribution in [3.05, 3.63) is 118 Å². The quantitative estimate of drug-likeness (QED) is 0.121. The average molecular weight is 1150 g/mol. The Hall–Kier alpha value is -5.16. The first-order valence-electron chi connectivity index (χ1n) is 25.5. The van der Waals surface area contributed by atoms with E-state index < -0.39 is 41.8 Å². The molecule has 0 bridgehead atoms. The van der Waals surface area contributed by atoms with E-state index in [2.05, 4.69) is 41.6 Å². The fraction of sp³-hybridized carbons (Fsp3) is 0.434. The molecule has 2 saturated heterocycles. The normalized spacial score (nSPS) is 21.8. The summed E-state index contributed by atoms with van der Waals surface area (Å²) in [6.07, 6.45) is 13.2. The average Bonchev–Trinajstić information content (AvgIpc) is 4.18. The Balaban J connectivity index is 0.000000130. The highest BCUT2D eigenvalue weighted by Gasteiger charge is 2.44. The van der Waals surface area contributed by atoms with Crippen LogP contribution in [0, 0.1) is 0 Å². The van der Waals surface area contributed by atoms with Gasteiger partial charge in [0.15, 0.2) is 0 Å². The van der Waals surface area contributed by atoms with E-state index in [1.54, 1.807) is 16.6 Å². The van der Waals surface area contributed by atoms with Gasteiger partial charge in [0.1, 0.15) is 0 Å². The van der Waals surface area contributed by atoms with Crippen LogP contribution in [-0.4, -0.2) is 124 Å². The molecule has 23 heteroatoms. The summed E-state index contributed by atoms with van der Waals surface area (Å²) < 4.78 is 118. The Labute approximate surface area is 451 Å². The van der Waals surface area contributed by atoms with Crippen LogP contribution in [0.1, 0.15) is 68.1 Å². The molecule has 3 aromatic heterocycles. The smallest absolute Gasteiger partial charge is 0.366 e.